The Morgan fingerprint density at radius 2 is 1.86 bits per heavy atom. The third kappa shape index (κ3) is 3.62. The molecule has 0 radical (unpaired) electrons. The molecule has 0 saturated heterocycles. The van der Waals surface area contributed by atoms with Crippen molar-refractivity contribution in [3.8, 4) is 17.3 Å². The molecule has 0 unspecified atom stereocenters. The molecule has 0 aliphatic heterocycles. The van der Waals surface area contributed by atoms with Gasteiger partial charge < -0.3 is 4.57 Å². The summed E-state index contributed by atoms with van der Waals surface area (Å²) in [5, 5.41) is 8.83. The molecule has 22 heavy (non-hydrogen) atoms. The maximum Gasteiger partial charge on any atom is 0.255 e. The predicted molar refractivity (Wildman–Crippen MR) is 84.9 cm³/mol. The van der Waals surface area contributed by atoms with Crippen molar-refractivity contribution in [3.63, 3.8) is 0 Å². The van der Waals surface area contributed by atoms with E-state index in [9.17, 15) is 9.18 Å². The van der Waals surface area contributed by atoms with E-state index >= 15 is 0 Å². The second-order valence-corrected chi connectivity index (χ2v) is 5.72. The first-order valence-corrected chi connectivity index (χ1v) is 7.38. The summed E-state index contributed by atoms with van der Waals surface area (Å²) in [6, 6.07) is 11.6. The fourth-order valence-corrected chi connectivity index (χ4v) is 2.33. The highest BCUT2D eigenvalue weighted by atomic mass is 19.1. The van der Waals surface area contributed by atoms with Gasteiger partial charge in [-0.05, 0) is 48.2 Å². The normalized spacial score (nSPS) is 10.7. The lowest BCUT2D eigenvalue weighted by molar-refractivity contribution is 0.509. The Bertz CT molecular complexity index is 739. The van der Waals surface area contributed by atoms with Gasteiger partial charge in [0.2, 0.25) is 0 Å². The zero-order valence-corrected chi connectivity index (χ0v) is 12.8. The van der Waals surface area contributed by atoms with Crippen molar-refractivity contribution in [2.75, 3.05) is 0 Å². The molecular formula is C18H19FN2O. The van der Waals surface area contributed by atoms with Crippen LogP contribution in [-0.2, 0) is 13.0 Å². The molecule has 4 heteroatoms. The number of hydrogen-bond acceptors (Lipinski definition) is 2. The molecule has 0 N–H and O–H groups in total. The van der Waals surface area contributed by atoms with Crippen molar-refractivity contribution in [1.82, 2.24) is 4.57 Å². The van der Waals surface area contributed by atoms with Crippen LogP contribution in [0.25, 0.3) is 11.3 Å². The number of benzene rings is 1. The smallest absolute Gasteiger partial charge is 0.255 e. The van der Waals surface area contributed by atoms with E-state index in [1.54, 1.807) is 22.8 Å². The van der Waals surface area contributed by atoms with Gasteiger partial charge in [0.1, 0.15) is 5.82 Å². The highest BCUT2D eigenvalue weighted by Crippen LogP contribution is 2.20. The number of hydrogen-bond donors (Lipinski definition) is 0. The summed E-state index contributed by atoms with van der Waals surface area (Å²) >= 11 is 0. The van der Waals surface area contributed by atoms with Gasteiger partial charge in [-0.15, -0.1) is 0 Å². The highest BCUT2D eigenvalue weighted by Gasteiger charge is 2.11. The molecule has 0 bridgehead atoms. The van der Waals surface area contributed by atoms with E-state index in [-0.39, 0.29) is 17.8 Å². The third-order valence-corrected chi connectivity index (χ3v) is 3.59. The van der Waals surface area contributed by atoms with Crippen molar-refractivity contribution in [1.29, 1.82) is 5.26 Å². The monoisotopic (exact) mass is 298 g/mol. The van der Waals surface area contributed by atoms with Crippen LogP contribution in [0.5, 0.6) is 0 Å². The van der Waals surface area contributed by atoms with Gasteiger partial charge in [0.15, 0.2) is 0 Å². The fourth-order valence-electron chi connectivity index (χ4n) is 2.33. The number of aromatic nitrogens is 1. The van der Waals surface area contributed by atoms with Crippen LogP contribution < -0.4 is 5.56 Å². The van der Waals surface area contributed by atoms with Crippen molar-refractivity contribution in [3.05, 3.63) is 58.1 Å². The molecule has 114 valence electrons. The molecular weight excluding hydrogens is 279 g/mol. The average Bonchev–Trinajstić information content (AvgIpc) is 2.49. The Balaban J connectivity index is 2.52. The lowest BCUT2D eigenvalue weighted by atomic mass is 10.1. The summed E-state index contributed by atoms with van der Waals surface area (Å²) < 4.78 is 14.8. The van der Waals surface area contributed by atoms with Gasteiger partial charge in [-0.2, -0.15) is 5.26 Å². The molecule has 2 rings (SSSR count). The van der Waals surface area contributed by atoms with Crippen molar-refractivity contribution < 1.29 is 4.39 Å². The fraction of sp³-hybridized carbons (Fsp3) is 0.333. The van der Waals surface area contributed by atoms with E-state index in [4.69, 9.17) is 5.26 Å². The zero-order chi connectivity index (χ0) is 16.1. The molecule has 1 aromatic carbocycles. The predicted octanol–water partition coefficient (Wildman–Crippen LogP) is 3.77. The van der Waals surface area contributed by atoms with Crippen LogP contribution in [0.15, 0.2) is 41.2 Å². The summed E-state index contributed by atoms with van der Waals surface area (Å²) in [7, 11) is 0. The quantitative estimate of drug-likeness (QED) is 0.843. The first kappa shape index (κ1) is 16.0. The molecule has 3 nitrogen and oxygen atoms in total. The van der Waals surface area contributed by atoms with E-state index in [0.717, 1.165) is 17.7 Å². The standard InChI is InChI=1S/C18H19FN2O/c1-13(2)10-12-21-17(14-3-6-16(19)7-4-14)8-5-15(9-11-20)18(21)22/h3-8,13H,9-10,12H2,1-2H3. The molecule has 0 saturated carbocycles. The van der Waals surface area contributed by atoms with Crippen LogP contribution >= 0.6 is 0 Å². The number of nitrogens with zero attached hydrogens (tertiary/aromatic N) is 2. The summed E-state index contributed by atoms with van der Waals surface area (Å²) in [5.41, 5.74) is 1.92. The van der Waals surface area contributed by atoms with Crippen molar-refractivity contribution in [2.45, 2.75) is 33.2 Å². The SMILES string of the molecule is CC(C)CCn1c(-c2ccc(F)cc2)ccc(CC#N)c1=O. The van der Waals surface area contributed by atoms with Gasteiger partial charge in [-0.1, -0.05) is 19.9 Å². The minimum atomic E-state index is -0.305. The molecule has 2 aromatic rings. The van der Waals surface area contributed by atoms with Crippen LogP contribution in [0.1, 0.15) is 25.8 Å². The zero-order valence-electron chi connectivity index (χ0n) is 12.8. The third-order valence-electron chi connectivity index (χ3n) is 3.59. The van der Waals surface area contributed by atoms with E-state index in [1.807, 2.05) is 12.1 Å². The largest absolute Gasteiger partial charge is 0.308 e. The first-order valence-electron chi connectivity index (χ1n) is 7.38. The van der Waals surface area contributed by atoms with Gasteiger partial charge >= 0.3 is 0 Å². The van der Waals surface area contributed by atoms with Gasteiger partial charge in [0.05, 0.1) is 18.2 Å². The van der Waals surface area contributed by atoms with E-state index in [0.29, 0.717) is 18.0 Å². The lowest BCUT2D eigenvalue weighted by Crippen LogP contribution is -2.25. The van der Waals surface area contributed by atoms with E-state index in [2.05, 4.69) is 13.8 Å². The van der Waals surface area contributed by atoms with Crippen molar-refractivity contribution >= 4 is 0 Å². The van der Waals surface area contributed by atoms with Crippen molar-refractivity contribution in [2.24, 2.45) is 5.92 Å². The molecule has 0 atom stereocenters. The topological polar surface area (TPSA) is 45.8 Å². The Morgan fingerprint density at radius 1 is 1.18 bits per heavy atom. The lowest BCUT2D eigenvalue weighted by Gasteiger charge is -2.15. The second-order valence-electron chi connectivity index (χ2n) is 5.72. The molecule has 0 fully saturated rings. The van der Waals surface area contributed by atoms with Gasteiger partial charge in [-0.3, -0.25) is 4.79 Å². The minimum Gasteiger partial charge on any atom is -0.308 e. The summed E-state index contributed by atoms with van der Waals surface area (Å²) in [5.74, 6) is 0.161. The van der Waals surface area contributed by atoms with E-state index < -0.39 is 0 Å². The molecule has 0 amide bonds. The van der Waals surface area contributed by atoms with Crippen LogP contribution in [-0.4, -0.2) is 4.57 Å². The number of nitriles is 1. The Morgan fingerprint density at radius 3 is 2.45 bits per heavy atom. The van der Waals surface area contributed by atoms with Crippen LogP contribution in [0.2, 0.25) is 0 Å². The summed E-state index contributed by atoms with van der Waals surface area (Å²) in [4.78, 5) is 12.6. The second kappa shape index (κ2) is 7.04. The summed E-state index contributed by atoms with van der Waals surface area (Å²) in [6.45, 7) is 4.78. The molecule has 0 aliphatic carbocycles. The Kier molecular flexibility index (Phi) is 5.11. The summed E-state index contributed by atoms with van der Waals surface area (Å²) in [6.07, 6.45) is 0.967. The maximum absolute atomic E-state index is 13.1. The molecule has 1 heterocycles. The van der Waals surface area contributed by atoms with Crippen LogP contribution in [0, 0.1) is 23.1 Å². The highest BCUT2D eigenvalue weighted by molar-refractivity contribution is 5.59. The Labute approximate surface area is 129 Å². The molecule has 0 aliphatic rings. The van der Waals surface area contributed by atoms with E-state index in [1.165, 1.54) is 12.1 Å². The maximum atomic E-state index is 13.1. The molecule has 1 aromatic heterocycles. The van der Waals surface area contributed by atoms with Gasteiger partial charge in [-0.25, -0.2) is 4.39 Å². The number of pyridine rings is 1. The van der Waals surface area contributed by atoms with Gasteiger partial charge in [0.25, 0.3) is 5.56 Å². The number of halogens is 1. The Hall–Kier alpha value is -2.41. The van der Waals surface area contributed by atoms with Crippen LogP contribution in [0.4, 0.5) is 4.39 Å². The molecule has 0 spiro atoms. The minimum absolute atomic E-state index is 0.101. The van der Waals surface area contributed by atoms with Gasteiger partial charge in [0, 0.05) is 12.1 Å². The average molecular weight is 298 g/mol. The number of rotatable bonds is 5. The first-order chi connectivity index (χ1) is 10.5. The van der Waals surface area contributed by atoms with Crippen LogP contribution in [0.3, 0.4) is 0 Å².